The zero-order chi connectivity index (χ0) is 9.26. The molecule has 66 valence electrons. The Kier molecular flexibility index (Phi) is 1.98. The number of amides is 1. The van der Waals surface area contributed by atoms with Gasteiger partial charge < -0.3 is 5.32 Å². The Morgan fingerprint density at radius 2 is 2.46 bits per heavy atom. The van der Waals surface area contributed by atoms with Gasteiger partial charge in [-0.25, -0.2) is 0 Å². The molecule has 3 nitrogen and oxygen atoms in total. The molecule has 0 saturated heterocycles. The van der Waals surface area contributed by atoms with Gasteiger partial charge in [0.05, 0.1) is 9.58 Å². The Bertz CT molecular complexity index is 417. The highest BCUT2D eigenvalue weighted by atomic mass is 32.1. The summed E-state index contributed by atoms with van der Waals surface area (Å²) in [6, 6.07) is 3.78. The van der Waals surface area contributed by atoms with E-state index in [1.165, 1.54) is 11.3 Å². The lowest BCUT2D eigenvalue weighted by Crippen LogP contribution is -2.15. The van der Waals surface area contributed by atoms with E-state index in [0.717, 1.165) is 15.0 Å². The first-order valence-corrected chi connectivity index (χ1v) is 4.68. The van der Waals surface area contributed by atoms with Crippen molar-refractivity contribution < 1.29 is 4.79 Å². The van der Waals surface area contributed by atoms with Gasteiger partial charge in [-0.3, -0.25) is 9.78 Å². The third-order valence-electron chi connectivity index (χ3n) is 1.77. The molecule has 2 aromatic rings. The van der Waals surface area contributed by atoms with Gasteiger partial charge in [0.15, 0.2) is 0 Å². The number of rotatable bonds is 1. The van der Waals surface area contributed by atoms with Crippen molar-refractivity contribution in [3.8, 4) is 0 Å². The maximum Gasteiger partial charge on any atom is 0.261 e. The molecule has 4 heteroatoms. The van der Waals surface area contributed by atoms with Gasteiger partial charge in [0.25, 0.3) is 5.91 Å². The van der Waals surface area contributed by atoms with Crippen molar-refractivity contribution in [3.05, 3.63) is 29.4 Å². The molecule has 0 atom stereocenters. The molecule has 0 radical (unpaired) electrons. The van der Waals surface area contributed by atoms with Crippen LogP contribution in [0.5, 0.6) is 0 Å². The van der Waals surface area contributed by atoms with Gasteiger partial charge in [0.2, 0.25) is 0 Å². The van der Waals surface area contributed by atoms with Gasteiger partial charge in [-0.05, 0) is 17.5 Å². The summed E-state index contributed by atoms with van der Waals surface area (Å²) >= 11 is 1.46. The zero-order valence-corrected chi connectivity index (χ0v) is 7.89. The lowest BCUT2D eigenvalue weighted by atomic mass is 10.3. The minimum absolute atomic E-state index is 0.0406. The molecule has 0 bridgehead atoms. The van der Waals surface area contributed by atoms with E-state index in [1.54, 1.807) is 19.4 Å². The first-order chi connectivity index (χ1) is 6.31. The molecule has 0 spiro atoms. The molecule has 1 N–H and O–H groups in total. The van der Waals surface area contributed by atoms with Gasteiger partial charge in [-0.15, -0.1) is 11.3 Å². The Hall–Kier alpha value is -1.42. The zero-order valence-electron chi connectivity index (χ0n) is 7.07. The molecule has 0 saturated carbocycles. The van der Waals surface area contributed by atoms with Crippen LogP contribution in [0.15, 0.2) is 24.5 Å². The summed E-state index contributed by atoms with van der Waals surface area (Å²) in [5, 5.41) is 3.66. The molecule has 2 rings (SSSR count). The monoisotopic (exact) mass is 192 g/mol. The predicted octanol–water partition coefficient (Wildman–Crippen LogP) is 1.66. The number of nitrogens with zero attached hydrogens (tertiary/aromatic N) is 1. The molecule has 0 fully saturated rings. The lowest BCUT2D eigenvalue weighted by molar-refractivity contribution is 0.0967. The number of hydrogen-bond acceptors (Lipinski definition) is 3. The average Bonchev–Trinajstić information content (AvgIpc) is 2.59. The Morgan fingerprint density at radius 1 is 1.62 bits per heavy atom. The second-order valence-electron chi connectivity index (χ2n) is 2.60. The van der Waals surface area contributed by atoms with E-state index in [4.69, 9.17) is 0 Å². The highest BCUT2D eigenvalue weighted by molar-refractivity contribution is 7.20. The highest BCUT2D eigenvalue weighted by Crippen LogP contribution is 2.23. The van der Waals surface area contributed by atoms with E-state index < -0.39 is 0 Å². The van der Waals surface area contributed by atoms with Crippen molar-refractivity contribution in [2.75, 3.05) is 7.05 Å². The van der Waals surface area contributed by atoms with Crippen molar-refractivity contribution in [3.63, 3.8) is 0 Å². The molecular weight excluding hydrogens is 184 g/mol. The fraction of sp³-hybridized carbons (Fsp3) is 0.111. The number of pyridine rings is 1. The van der Waals surface area contributed by atoms with Crippen LogP contribution in [0.2, 0.25) is 0 Å². The van der Waals surface area contributed by atoms with Crippen LogP contribution in [0.4, 0.5) is 0 Å². The average molecular weight is 192 g/mol. The molecule has 2 aromatic heterocycles. The molecular formula is C9H8N2OS. The van der Waals surface area contributed by atoms with E-state index in [0.29, 0.717) is 0 Å². The summed E-state index contributed by atoms with van der Waals surface area (Å²) in [5.41, 5.74) is 0. The molecule has 0 aromatic carbocycles. The molecule has 13 heavy (non-hydrogen) atoms. The van der Waals surface area contributed by atoms with Crippen molar-refractivity contribution in [1.29, 1.82) is 0 Å². The van der Waals surface area contributed by atoms with Crippen LogP contribution in [0, 0.1) is 0 Å². The summed E-state index contributed by atoms with van der Waals surface area (Å²) in [6.07, 6.45) is 3.50. The number of nitrogens with one attached hydrogen (secondary N) is 1. The minimum Gasteiger partial charge on any atom is -0.354 e. The number of thiophene rings is 1. The van der Waals surface area contributed by atoms with Crippen LogP contribution >= 0.6 is 11.3 Å². The van der Waals surface area contributed by atoms with Gasteiger partial charge in [-0.1, -0.05) is 0 Å². The number of carbonyl (C=O) groups is 1. The Labute approximate surface area is 79.4 Å². The molecule has 2 heterocycles. The molecule has 0 aliphatic carbocycles. The van der Waals surface area contributed by atoms with Crippen LogP contribution in [0.25, 0.3) is 10.1 Å². The van der Waals surface area contributed by atoms with Gasteiger partial charge in [-0.2, -0.15) is 0 Å². The van der Waals surface area contributed by atoms with Crippen LogP contribution in [0.3, 0.4) is 0 Å². The van der Waals surface area contributed by atoms with Crippen LogP contribution in [-0.2, 0) is 0 Å². The molecule has 1 amide bonds. The van der Waals surface area contributed by atoms with Crippen LogP contribution in [0.1, 0.15) is 9.67 Å². The first-order valence-electron chi connectivity index (χ1n) is 3.87. The maximum absolute atomic E-state index is 11.3. The number of aromatic nitrogens is 1. The second kappa shape index (κ2) is 3.14. The van der Waals surface area contributed by atoms with E-state index in [1.807, 2.05) is 12.1 Å². The fourth-order valence-electron chi connectivity index (χ4n) is 1.12. The standard InChI is InChI=1S/C9H8N2OS/c1-10-9(12)7-4-6-2-3-11-5-8(6)13-7/h2-5H,1H3,(H,10,12). The van der Waals surface area contributed by atoms with Crippen molar-refractivity contribution in [2.45, 2.75) is 0 Å². The molecule has 0 unspecified atom stereocenters. The van der Waals surface area contributed by atoms with E-state index in [-0.39, 0.29) is 5.91 Å². The number of hydrogen-bond donors (Lipinski definition) is 1. The summed E-state index contributed by atoms with van der Waals surface area (Å²) in [4.78, 5) is 16.0. The Balaban J connectivity index is 2.56. The molecule has 0 aliphatic heterocycles. The van der Waals surface area contributed by atoms with Crippen LogP contribution < -0.4 is 5.32 Å². The van der Waals surface area contributed by atoms with Crippen molar-refractivity contribution >= 4 is 27.3 Å². The quantitative estimate of drug-likeness (QED) is 0.746. The maximum atomic E-state index is 11.3. The first kappa shape index (κ1) is 8.19. The van der Waals surface area contributed by atoms with Crippen molar-refractivity contribution in [2.24, 2.45) is 0 Å². The van der Waals surface area contributed by atoms with Crippen molar-refractivity contribution in [1.82, 2.24) is 10.3 Å². The number of carbonyl (C=O) groups excluding carboxylic acids is 1. The van der Waals surface area contributed by atoms with Gasteiger partial charge in [0, 0.05) is 19.4 Å². The summed E-state index contributed by atoms with van der Waals surface area (Å²) in [6.45, 7) is 0. The van der Waals surface area contributed by atoms with Crippen LogP contribution in [-0.4, -0.2) is 17.9 Å². The SMILES string of the molecule is CNC(=O)c1cc2ccncc2s1. The Morgan fingerprint density at radius 3 is 3.15 bits per heavy atom. The highest BCUT2D eigenvalue weighted by Gasteiger charge is 2.07. The largest absolute Gasteiger partial charge is 0.354 e. The topological polar surface area (TPSA) is 42.0 Å². The smallest absolute Gasteiger partial charge is 0.261 e. The number of fused-ring (bicyclic) bond motifs is 1. The third-order valence-corrected chi connectivity index (χ3v) is 2.86. The summed E-state index contributed by atoms with van der Waals surface area (Å²) < 4.78 is 1.04. The van der Waals surface area contributed by atoms with Gasteiger partial charge >= 0.3 is 0 Å². The third kappa shape index (κ3) is 1.40. The fourth-order valence-corrected chi connectivity index (χ4v) is 2.10. The lowest BCUT2D eigenvalue weighted by Gasteiger charge is -1.90. The minimum atomic E-state index is -0.0406. The van der Waals surface area contributed by atoms with E-state index >= 15 is 0 Å². The normalized spacial score (nSPS) is 10.2. The van der Waals surface area contributed by atoms with E-state index in [2.05, 4.69) is 10.3 Å². The van der Waals surface area contributed by atoms with E-state index in [9.17, 15) is 4.79 Å². The molecule has 0 aliphatic rings. The summed E-state index contributed by atoms with van der Waals surface area (Å²) in [7, 11) is 1.63. The van der Waals surface area contributed by atoms with Gasteiger partial charge in [0.1, 0.15) is 0 Å². The second-order valence-corrected chi connectivity index (χ2v) is 3.69. The predicted molar refractivity (Wildman–Crippen MR) is 53.0 cm³/mol. The summed E-state index contributed by atoms with van der Waals surface area (Å²) in [5.74, 6) is -0.0406.